The molecular formula is C19H19NO4. The second-order valence-electron chi connectivity index (χ2n) is 5.59. The van der Waals surface area contributed by atoms with E-state index < -0.39 is 0 Å². The zero-order valence-electron chi connectivity index (χ0n) is 13.2. The third kappa shape index (κ3) is 3.20. The van der Waals surface area contributed by atoms with Crippen LogP contribution in [-0.2, 0) is 6.54 Å². The zero-order chi connectivity index (χ0) is 16.9. The summed E-state index contributed by atoms with van der Waals surface area (Å²) in [6.07, 6.45) is 2.33. The number of hydrogen-bond acceptors (Lipinski definition) is 4. The smallest absolute Gasteiger partial charge is 0.202 e. The van der Waals surface area contributed by atoms with Gasteiger partial charge >= 0.3 is 0 Å². The maximum atomic E-state index is 10.6. The van der Waals surface area contributed by atoms with Gasteiger partial charge in [-0.2, -0.15) is 0 Å². The van der Waals surface area contributed by atoms with Crippen molar-refractivity contribution in [1.29, 1.82) is 0 Å². The molecule has 0 amide bonds. The lowest BCUT2D eigenvalue weighted by atomic mass is 10.2. The molecule has 3 rings (SSSR count). The standard InChI is InChI=1S/C19H19NO4/c21-13-14-7-9-15(10-8-14)24-12-4-3-11-20-18(22)16-5-1-2-6-17(16)19(20)23/h1-2,5-10,13,22-23H,3-4,11-12H2. The van der Waals surface area contributed by atoms with Crippen molar-refractivity contribution in [3.8, 4) is 17.5 Å². The van der Waals surface area contributed by atoms with E-state index in [0.29, 0.717) is 29.5 Å². The second-order valence-corrected chi connectivity index (χ2v) is 5.59. The van der Waals surface area contributed by atoms with Crippen molar-refractivity contribution >= 4 is 17.1 Å². The highest BCUT2D eigenvalue weighted by Crippen LogP contribution is 2.35. The fourth-order valence-electron chi connectivity index (χ4n) is 2.68. The van der Waals surface area contributed by atoms with E-state index in [-0.39, 0.29) is 11.8 Å². The number of aromatic nitrogens is 1. The molecular weight excluding hydrogens is 306 g/mol. The van der Waals surface area contributed by atoms with Crippen LogP contribution in [0.15, 0.2) is 48.5 Å². The average molecular weight is 325 g/mol. The summed E-state index contributed by atoms with van der Waals surface area (Å²) >= 11 is 0. The summed E-state index contributed by atoms with van der Waals surface area (Å²) in [5, 5.41) is 21.7. The van der Waals surface area contributed by atoms with E-state index in [2.05, 4.69) is 0 Å². The summed E-state index contributed by atoms with van der Waals surface area (Å²) in [4.78, 5) is 10.6. The van der Waals surface area contributed by atoms with Crippen molar-refractivity contribution in [2.75, 3.05) is 6.61 Å². The first-order valence-corrected chi connectivity index (χ1v) is 7.88. The van der Waals surface area contributed by atoms with Crippen LogP contribution in [0.2, 0.25) is 0 Å². The molecule has 0 fully saturated rings. The molecule has 24 heavy (non-hydrogen) atoms. The fraction of sp³-hybridized carbons (Fsp3) is 0.211. The van der Waals surface area contributed by atoms with E-state index in [4.69, 9.17) is 4.74 Å². The highest BCUT2D eigenvalue weighted by Gasteiger charge is 2.14. The monoisotopic (exact) mass is 325 g/mol. The molecule has 124 valence electrons. The Hall–Kier alpha value is -2.95. The molecule has 2 aromatic carbocycles. The molecule has 0 saturated heterocycles. The van der Waals surface area contributed by atoms with Gasteiger partial charge < -0.3 is 14.9 Å². The molecule has 0 atom stereocenters. The Bertz CT molecular complexity index is 797. The summed E-state index contributed by atoms with van der Waals surface area (Å²) in [6.45, 7) is 1.04. The van der Waals surface area contributed by atoms with E-state index in [0.717, 1.165) is 24.9 Å². The number of unbranched alkanes of at least 4 members (excludes halogenated alkanes) is 1. The summed E-state index contributed by atoms with van der Waals surface area (Å²) in [6, 6.07) is 14.2. The number of carbonyl (C=O) groups is 1. The Morgan fingerprint density at radius 1 is 0.917 bits per heavy atom. The molecule has 0 radical (unpaired) electrons. The Morgan fingerprint density at radius 2 is 1.54 bits per heavy atom. The van der Waals surface area contributed by atoms with Gasteiger partial charge in [0, 0.05) is 22.9 Å². The van der Waals surface area contributed by atoms with Crippen molar-refractivity contribution in [2.24, 2.45) is 0 Å². The van der Waals surface area contributed by atoms with Gasteiger partial charge in [0.1, 0.15) is 12.0 Å². The molecule has 1 aromatic heterocycles. The summed E-state index contributed by atoms with van der Waals surface area (Å²) in [5.74, 6) is 0.903. The van der Waals surface area contributed by atoms with Crippen LogP contribution in [0.1, 0.15) is 23.2 Å². The molecule has 0 bridgehead atoms. The number of fused-ring (bicyclic) bond motifs is 1. The van der Waals surface area contributed by atoms with Crippen molar-refractivity contribution in [3.05, 3.63) is 54.1 Å². The topological polar surface area (TPSA) is 71.7 Å². The second kappa shape index (κ2) is 7.08. The molecule has 0 aliphatic heterocycles. The lowest BCUT2D eigenvalue weighted by Gasteiger charge is -2.08. The van der Waals surface area contributed by atoms with Crippen LogP contribution < -0.4 is 4.74 Å². The number of hydrogen-bond donors (Lipinski definition) is 2. The number of aldehydes is 1. The fourth-order valence-corrected chi connectivity index (χ4v) is 2.68. The van der Waals surface area contributed by atoms with E-state index in [1.807, 2.05) is 12.1 Å². The number of ether oxygens (including phenoxy) is 1. The highest BCUT2D eigenvalue weighted by atomic mass is 16.5. The first kappa shape index (κ1) is 15.9. The molecule has 0 saturated carbocycles. The van der Waals surface area contributed by atoms with Gasteiger partial charge in [-0.25, -0.2) is 0 Å². The van der Waals surface area contributed by atoms with Gasteiger partial charge in [-0.15, -0.1) is 0 Å². The van der Waals surface area contributed by atoms with Crippen LogP contribution in [0.25, 0.3) is 10.8 Å². The van der Waals surface area contributed by atoms with Gasteiger partial charge in [-0.3, -0.25) is 9.36 Å². The molecule has 1 heterocycles. The molecule has 5 nitrogen and oxygen atoms in total. The van der Waals surface area contributed by atoms with Crippen molar-refractivity contribution in [3.63, 3.8) is 0 Å². The van der Waals surface area contributed by atoms with Crippen LogP contribution in [0, 0.1) is 0 Å². The SMILES string of the molecule is O=Cc1ccc(OCCCCn2c(O)c3ccccc3c2O)cc1. The Kier molecular flexibility index (Phi) is 4.70. The summed E-state index contributed by atoms with van der Waals surface area (Å²) in [7, 11) is 0. The maximum absolute atomic E-state index is 10.6. The van der Waals surface area contributed by atoms with Crippen LogP contribution >= 0.6 is 0 Å². The van der Waals surface area contributed by atoms with Gasteiger partial charge in [-0.1, -0.05) is 12.1 Å². The predicted molar refractivity (Wildman–Crippen MR) is 91.8 cm³/mol. The van der Waals surface area contributed by atoms with Crippen LogP contribution in [0.4, 0.5) is 0 Å². The largest absolute Gasteiger partial charge is 0.494 e. The van der Waals surface area contributed by atoms with E-state index in [1.54, 1.807) is 36.4 Å². The third-order valence-corrected chi connectivity index (χ3v) is 3.98. The quantitative estimate of drug-likeness (QED) is 0.513. The lowest BCUT2D eigenvalue weighted by molar-refractivity contribution is 0.112. The van der Waals surface area contributed by atoms with Gasteiger partial charge in [0.25, 0.3) is 0 Å². The minimum absolute atomic E-state index is 0.0912. The van der Waals surface area contributed by atoms with Crippen molar-refractivity contribution in [1.82, 2.24) is 4.57 Å². The maximum Gasteiger partial charge on any atom is 0.202 e. The van der Waals surface area contributed by atoms with Gasteiger partial charge in [0.2, 0.25) is 11.8 Å². The molecule has 2 N–H and O–H groups in total. The Morgan fingerprint density at radius 3 is 2.12 bits per heavy atom. The van der Waals surface area contributed by atoms with E-state index in [9.17, 15) is 15.0 Å². The van der Waals surface area contributed by atoms with E-state index in [1.165, 1.54) is 4.57 Å². The molecule has 0 spiro atoms. The van der Waals surface area contributed by atoms with E-state index >= 15 is 0 Å². The first-order valence-electron chi connectivity index (χ1n) is 7.88. The van der Waals surface area contributed by atoms with Gasteiger partial charge in [0.15, 0.2) is 0 Å². The van der Waals surface area contributed by atoms with Crippen LogP contribution in [0.3, 0.4) is 0 Å². The minimum Gasteiger partial charge on any atom is -0.494 e. The number of nitrogens with zero attached hydrogens (tertiary/aromatic N) is 1. The summed E-state index contributed by atoms with van der Waals surface area (Å²) in [5.41, 5.74) is 0.618. The highest BCUT2D eigenvalue weighted by molar-refractivity contribution is 5.92. The number of aromatic hydroxyl groups is 2. The molecule has 0 unspecified atom stereocenters. The zero-order valence-corrected chi connectivity index (χ0v) is 13.2. The molecule has 0 aliphatic rings. The number of carbonyl (C=O) groups excluding carboxylic acids is 1. The lowest BCUT2D eigenvalue weighted by Crippen LogP contribution is -2.02. The molecule has 5 heteroatoms. The molecule has 0 aliphatic carbocycles. The van der Waals surface area contributed by atoms with Gasteiger partial charge in [-0.05, 0) is 49.2 Å². The normalized spacial score (nSPS) is 10.8. The van der Waals surface area contributed by atoms with Crippen molar-refractivity contribution < 1.29 is 19.7 Å². The minimum atomic E-state index is 0.0912. The van der Waals surface area contributed by atoms with Gasteiger partial charge in [0.05, 0.1) is 6.61 Å². The van der Waals surface area contributed by atoms with Crippen LogP contribution in [0.5, 0.6) is 17.5 Å². The number of benzene rings is 2. The summed E-state index contributed by atoms with van der Waals surface area (Å²) < 4.78 is 7.13. The number of rotatable bonds is 7. The predicted octanol–water partition coefficient (Wildman–Crippen LogP) is 3.72. The Labute approximate surface area is 139 Å². The Balaban J connectivity index is 1.52. The first-order chi connectivity index (χ1) is 11.7. The van der Waals surface area contributed by atoms with Crippen LogP contribution in [-0.4, -0.2) is 27.7 Å². The van der Waals surface area contributed by atoms with Crippen molar-refractivity contribution in [2.45, 2.75) is 19.4 Å². The third-order valence-electron chi connectivity index (χ3n) is 3.98. The molecule has 3 aromatic rings. The average Bonchev–Trinajstić information content (AvgIpc) is 2.87.